The van der Waals surface area contributed by atoms with Crippen molar-refractivity contribution in [2.24, 2.45) is 0 Å². The van der Waals surface area contributed by atoms with Gasteiger partial charge in [-0.15, -0.1) is 0 Å². The molecule has 0 saturated heterocycles. The van der Waals surface area contributed by atoms with E-state index in [9.17, 15) is 9.59 Å². The molecule has 32 heavy (non-hydrogen) atoms. The fourth-order valence-electron chi connectivity index (χ4n) is 2.40. The molecule has 0 unspecified atom stereocenters. The number of carbonyl (C=O) groups is 2. The molecular formula is C24H20N2O6. The second-order valence-electron chi connectivity index (χ2n) is 6.12. The fourth-order valence-corrected chi connectivity index (χ4v) is 2.40. The molecule has 0 saturated carbocycles. The Hall–Kier alpha value is -4.72. The topological polar surface area (TPSA) is 141 Å². The number of para-hydroxylation sites is 2. The average Bonchev–Trinajstić information content (AvgIpc) is 2.81. The van der Waals surface area contributed by atoms with E-state index < -0.39 is 11.9 Å². The largest absolute Gasteiger partial charge is 0.507 e. The minimum absolute atomic E-state index is 0.0671. The van der Waals surface area contributed by atoms with Crippen LogP contribution in [0.15, 0.2) is 97.6 Å². The van der Waals surface area contributed by atoms with Gasteiger partial charge >= 0.3 is 11.9 Å². The maximum atomic E-state index is 10.3. The average molecular weight is 432 g/mol. The molecule has 4 N–H and O–H groups in total. The second kappa shape index (κ2) is 12.1. The SMILES string of the molecule is O=C(O)c1ccccc1O.O=C(O)c1ccccc1O.c1cc(-c2ccncc2)ccn1. The maximum absolute atomic E-state index is 10.3. The summed E-state index contributed by atoms with van der Waals surface area (Å²) in [6.45, 7) is 0. The highest BCUT2D eigenvalue weighted by Gasteiger charge is 2.06. The van der Waals surface area contributed by atoms with E-state index >= 15 is 0 Å². The number of carboxylic acid groups (broad SMARTS) is 2. The van der Waals surface area contributed by atoms with E-state index in [0.29, 0.717) is 0 Å². The molecule has 0 radical (unpaired) electrons. The van der Waals surface area contributed by atoms with Gasteiger partial charge in [-0.3, -0.25) is 9.97 Å². The molecule has 8 heteroatoms. The van der Waals surface area contributed by atoms with Crippen molar-refractivity contribution in [1.82, 2.24) is 9.97 Å². The Morgan fingerprint density at radius 2 is 0.844 bits per heavy atom. The zero-order valence-corrected chi connectivity index (χ0v) is 16.7. The molecule has 0 bridgehead atoms. The maximum Gasteiger partial charge on any atom is 0.339 e. The van der Waals surface area contributed by atoms with Crippen LogP contribution < -0.4 is 0 Å². The Balaban J connectivity index is 0.000000171. The summed E-state index contributed by atoms with van der Waals surface area (Å²) in [6.07, 6.45) is 7.15. The molecule has 0 aliphatic heterocycles. The molecular weight excluding hydrogens is 412 g/mol. The summed E-state index contributed by atoms with van der Waals surface area (Å²) >= 11 is 0. The van der Waals surface area contributed by atoms with E-state index in [1.165, 1.54) is 35.4 Å². The Kier molecular flexibility index (Phi) is 8.90. The van der Waals surface area contributed by atoms with Crippen LogP contribution in [0.2, 0.25) is 0 Å². The van der Waals surface area contributed by atoms with Crippen LogP contribution in [0.1, 0.15) is 20.7 Å². The lowest BCUT2D eigenvalue weighted by atomic mass is 10.1. The van der Waals surface area contributed by atoms with Gasteiger partial charge in [0.25, 0.3) is 0 Å². The van der Waals surface area contributed by atoms with Crippen molar-refractivity contribution in [1.29, 1.82) is 0 Å². The van der Waals surface area contributed by atoms with Crippen molar-refractivity contribution in [3.05, 3.63) is 109 Å². The van der Waals surface area contributed by atoms with Crippen molar-refractivity contribution >= 4 is 11.9 Å². The predicted octanol–water partition coefficient (Wildman–Crippen LogP) is 4.32. The van der Waals surface area contributed by atoms with Crippen LogP contribution in [0.3, 0.4) is 0 Å². The Labute approximate surface area is 183 Å². The normalized spacial score (nSPS) is 9.38. The van der Waals surface area contributed by atoms with E-state index in [1.54, 1.807) is 49.1 Å². The number of benzene rings is 2. The van der Waals surface area contributed by atoms with Gasteiger partial charge in [0.15, 0.2) is 0 Å². The molecule has 2 aromatic heterocycles. The second-order valence-corrected chi connectivity index (χ2v) is 6.12. The minimum atomic E-state index is -1.11. The molecule has 0 amide bonds. The number of hydrogen-bond donors (Lipinski definition) is 4. The molecule has 0 aliphatic carbocycles. The summed E-state index contributed by atoms with van der Waals surface area (Å²) in [5.74, 6) is -2.62. The van der Waals surface area contributed by atoms with Gasteiger partial charge in [0.2, 0.25) is 0 Å². The molecule has 2 heterocycles. The lowest BCUT2D eigenvalue weighted by Crippen LogP contribution is -1.95. The molecule has 0 spiro atoms. The zero-order chi connectivity index (χ0) is 23.3. The highest BCUT2D eigenvalue weighted by molar-refractivity contribution is 5.91. The third-order valence-electron chi connectivity index (χ3n) is 3.96. The van der Waals surface area contributed by atoms with Gasteiger partial charge in [0.05, 0.1) is 0 Å². The van der Waals surface area contributed by atoms with E-state index in [4.69, 9.17) is 20.4 Å². The number of phenols is 2. The van der Waals surface area contributed by atoms with Crippen molar-refractivity contribution in [3.8, 4) is 22.6 Å². The number of aromatic hydroxyl groups is 2. The lowest BCUT2D eigenvalue weighted by Gasteiger charge is -1.97. The van der Waals surface area contributed by atoms with Crippen LogP contribution in [-0.2, 0) is 0 Å². The highest BCUT2D eigenvalue weighted by atomic mass is 16.4. The van der Waals surface area contributed by atoms with Crippen molar-refractivity contribution in [3.63, 3.8) is 0 Å². The van der Waals surface area contributed by atoms with Gasteiger partial charge in [0.1, 0.15) is 22.6 Å². The molecule has 0 fully saturated rings. The van der Waals surface area contributed by atoms with E-state index in [-0.39, 0.29) is 22.6 Å². The number of hydrogen-bond acceptors (Lipinski definition) is 6. The number of nitrogens with zero attached hydrogens (tertiary/aromatic N) is 2. The molecule has 8 nitrogen and oxygen atoms in total. The van der Waals surface area contributed by atoms with Gasteiger partial charge < -0.3 is 20.4 Å². The summed E-state index contributed by atoms with van der Waals surface area (Å²) in [6, 6.07) is 19.5. The van der Waals surface area contributed by atoms with Gasteiger partial charge in [-0.1, -0.05) is 24.3 Å². The standard InChI is InChI=1S/C10H8N2.2C7H6O3/c1-5-11-6-2-9(1)10-3-7-12-8-4-10;2*8-6-4-2-1-3-5(6)7(9)10/h1-8H;2*1-4,8H,(H,9,10). The van der Waals surface area contributed by atoms with Crippen LogP contribution in [0, 0.1) is 0 Å². The fraction of sp³-hybridized carbons (Fsp3) is 0. The van der Waals surface area contributed by atoms with Gasteiger partial charge in [-0.05, 0) is 59.7 Å². The number of rotatable bonds is 3. The van der Waals surface area contributed by atoms with Crippen molar-refractivity contribution in [2.45, 2.75) is 0 Å². The van der Waals surface area contributed by atoms with Gasteiger partial charge in [-0.25, -0.2) is 9.59 Å². The first-order chi connectivity index (χ1) is 15.4. The third-order valence-corrected chi connectivity index (χ3v) is 3.96. The molecule has 4 aromatic rings. The van der Waals surface area contributed by atoms with Crippen LogP contribution in [0.4, 0.5) is 0 Å². The Bertz CT molecular complexity index is 1060. The van der Waals surface area contributed by atoms with Crippen molar-refractivity contribution in [2.75, 3.05) is 0 Å². The first-order valence-corrected chi connectivity index (χ1v) is 9.23. The monoisotopic (exact) mass is 432 g/mol. The highest BCUT2D eigenvalue weighted by Crippen LogP contribution is 2.16. The quantitative estimate of drug-likeness (QED) is 0.375. The first-order valence-electron chi connectivity index (χ1n) is 9.23. The van der Waals surface area contributed by atoms with E-state index in [0.717, 1.165) is 0 Å². The predicted molar refractivity (Wildman–Crippen MR) is 118 cm³/mol. The Morgan fingerprint density at radius 3 is 1.09 bits per heavy atom. The van der Waals surface area contributed by atoms with E-state index in [1.807, 2.05) is 24.3 Å². The number of aromatic nitrogens is 2. The molecule has 0 aliphatic rings. The molecule has 162 valence electrons. The van der Waals surface area contributed by atoms with Crippen molar-refractivity contribution < 1.29 is 30.0 Å². The van der Waals surface area contributed by atoms with Crippen LogP contribution in [0.5, 0.6) is 11.5 Å². The van der Waals surface area contributed by atoms with Gasteiger partial charge in [-0.2, -0.15) is 0 Å². The van der Waals surface area contributed by atoms with E-state index in [2.05, 4.69) is 9.97 Å². The van der Waals surface area contributed by atoms with Gasteiger partial charge in [0, 0.05) is 24.8 Å². The number of pyridine rings is 2. The van der Waals surface area contributed by atoms with Crippen LogP contribution in [-0.4, -0.2) is 42.3 Å². The summed E-state index contributed by atoms with van der Waals surface area (Å²) < 4.78 is 0. The third kappa shape index (κ3) is 7.27. The summed E-state index contributed by atoms with van der Waals surface area (Å²) in [4.78, 5) is 28.4. The summed E-state index contributed by atoms with van der Waals surface area (Å²) in [5.41, 5.74) is 2.21. The Morgan fingerprint density at radius 1 is 0.531 bits per heavy atom. The molecule has 2 aromatic carbocycles. The first kappa shape index (κ1) is 23.6. The smallest absolute Gasteiger partial charge is 0.339 e. The number of carboxylic acids is 2. The molecule has 0 atom stereocenters. The molecule has 4 rings (SSSR count). The van der Waals surface area contributed by atoms with Crippen LogP contribution >= 0.6 is 0 Å². The van der Waals surface area contributed by atoms with Crippen LogP contribution in [0.25, 0.3) is 11.1 Å². The minimum Gasteiger partial charge on any atom is -0.507 e. The lowest BCUT2D eigenvalue weighted by molar-refractivity contribution is 0.0682. The summed E-state index contributed by atoms with van der Waals surface area (Å²) in [7, 11) is 0. The number of aromatic carboxylic acids is 2. The summed E-state index contributed by atoms with van der Waals surface area (Å²) in [5, 5.41) is 34.6. The zero-order valence-electron chi connectivity index (χ0n) is 16.7.